The van der Waals surface area contributed by atoms with Gasteiger partial charge in [0.1, 0.15) is 5.01 Å². The van der Waals surface area contributed by atoms with Crippen LogP contribution in [-0.4, -0.2) is 11.2 Å². The van der Waals surface area contributed by atoms with E-state index in [1.54, 1.807) is 11.3 Å². The molecule has 1 aromatic rings. The topological polar surface area (TPSA) is 12.9 Å². The van der Waals surface area contributed by atoms with Crippen LogP contribution >= 0.6 is 39.0 Å². The van der Waals surface area contributed by atoms with Crippen LogP contribution in [-0.2, 0) is 11.1 Å². The van der Waals surface area contributed by atoms with Crippen LogP contribution in [0.1, 0.15) is 9.88 Å². The SMILES string of the molecule is CSCc1ncc(CBr)s1. The second-order valence-corrected chi connectivity index (χ2v) is 4.41. The van der Waals surface area contributed by atoms with Crippen molar-refractivity contribution in [3.8, 4) is 0 Å². The number of alkyl halides is 1. The molecule has 1 nitrogen and oxygen atoms in total. The highest BCUT2D eigenvalue weighted by Gasteiger charge is 1.98. The maximum absolute atomic E-state index is 4.24. The third kappa shape index (κ3) is 2.25. The molecule has 0 aromatic carbocycles. The second kappa shape index (κ2) is 4.36. The van der Waals surface area contributed by atoms with Gasteiger partial charge in [-0.3, -0.25) is 0 Å². The van der Waals surface area contributed by atoms with Crippen LogP contribution in [0, 0.1) is 0 Å². The second-order valence-electron chi connectivity index (χ2n) is 1.79. The molecule has 0 radical (unpaired) electrons. The first-order chi connectivity index (χ1) is 4.86. The van der Waals surface area contributed by atoms with Gasteiger partial charge in [-0.15, -0.1) is 11.3 Å². The Morgan fingerprint density at radius 3 is 3.10 bits per heavy atom. The molecule has 0 aliphatic carbocycles. The summed E-state index contributed by atoms with van der Waals surface area (Å²) < 4.78 is 0. The Balaban J connectivity index is 2.59. The Bertz CT molecular complexity index is 199. The van der Waals surface area contributed by atoms with Gasteiger partial charge in [-0.25, -0.2) is 4.98 Å². The molecule has 0 fully saturated rings. The van der Waals surface area contributed by atoms with Crippen LogP contribution in [0.15, 0.2) is 6.20 Å². The van der Waals surface area contributed by atoms with Crippen molar-refractivity contribution >= 4 is 39.0 Å². The normalized spacial score (nSPS) is 10.2. The number of rotatable bonds is 3. The van der Waals surface area contributed by atoms with E-state index in [9.17, 15) is 0 Å². The van der Waals surface area contributed by atoms with Crippen molar-refractivity contribution in [2.24, 2.45) is 0 Å². The highest BCUT2D eigenvalue weighted by Crippen LogP contribution is 2.18. The van der Waals surface area contributed by atoms with Crippen molar-refractivity contribution in [3.05, 3.63) is 16.1 Å². The monoisotopic (exact) mass is 237 g/mol. The molecular formula is C6H8BrNS2. The number of hydrogen-bond acceptors (Lipinski definition) is 3. The minimum Gasteiger partial charge on any atom is -0.248 e. The molecule has 1 aromatic heterocycles. The van der Waals surface area contributed by atoms with Crippen LogP contribution < -0.4 is 0 Å². The predicted molar refractivity (Wildman–Crippen MR) is 52.0 cm³/mol. The number of thiazole rings is 1. The number of halogens is 1. The molecule has 10 heavy (non-hydrogen) atoms. The molecular weight excluding hydrogens is 230 g/mol. The average molecular weight is 238 g/mol. The van der Waals surface area contributed by atoms with E-state index in [1.165, 1.54) is 9.88 Å². The summed E-state index contributed by atoms with van der Waals surface area (Å²) in [6.45, 7) is 0. The van der Waals surface area contributed by atoms with E-state index in [4.69, 9.17) is 0 Å². The fraction of sp³-hybridized carbons (Fsp3) is 0.500. The molecule has 0 unspecified atom stereocenters. The van der Waals surface area contributed by atoms with Crippen LogP contribution in [0.3, 0.4) is 0 Å². The van der Waals surface area contributed by atoms with Crippen molar-refractivity contribution in [2.45, 2.75) is 11.1 Å². The molecule has 1 heterocycles. The minimum absolute atomic E-state index is 0.930. The number of hydrogen-bond donors (Lipinski definition) is 0. The standard InChI is InChI=1S/C6H8BrNS2/c1-9-4-6-8-3-5(2-7)10-6/h3H,2,4H2,1H3. The van der Waals surface area contributed by atoms with E-state index in [0.29, 0.717) is 0 Å². The number of aromatic nitrogens is 1. The fourth-order valence-corrected chi connectivity index (χ4v) is 2.57. The van der Waals surface area contributed by atoms with Crippen molar-refractivity contribution < 1.29 is 0 Å². The molecule has 0 spiro atoms. The van der Waals surface area contributed by atoms with Crippen LogP contribution in [0.25, 0.3) is 0 Å². The van der Waals surface area contributed by atoms with Crippen molar-refractivity contribution in [3.63, 3.8) is 0 Å². The molecule has 4 heteroatoms. The molecule has 0 amide bonds. The van der Waals surface area contributed by atoms with Gasteiger partial charge in [-0.05, 0) is 6.26 Å². The van der Waals surface area contributed by atoms with E-state index in [-0.39, 0.29) is 0 Å². The van der Waals surface area contributed by atoms with Gasteiger partial charge in [-0.1, -0.05) is 15.9 Å². The van der Waals surface area contributed by atoms with Crippen molar-refractivity contribution in [1.82, 2.24) is 4.98 Å². The first kappa shape index (κ1) is 8.56. The van der Waals surface area contributed by atoms with Crippen LogP contribution in [0.2, 0.25) is 0 Å². The van der Waals surface area contributed by atoms with E-state index in [0.717, 1.165) is 11.1 Å². The molecule has 0 N–H and O–H groups in total. The zero-order chi connectivity index (χ0) is 7.40. The Morgan fingerprint density at radius 2 is 2.60 bits per heavy atom. The summed E-state index contributed by atoms with van der Waals surface area (Å²) >= 11 is 6.98. The third-order valence-corrected chi connectivity index (χ3v) is 3.72. The smallest absolute Gasteiger partial charge is 0.103 e. The van der Waals surface area contributed by atoms with E-state index in [2.05, 4.69) is 27.2 Å². The van der Waals surface area contributed by atoms with Gasteiger partial charge in [0.15, 0.2) is 0 Å². The van der Waals surface area contributed by atoms with E-state index >= 15 is 0 Å². The zero-order valence-electron chi connectivity index (χ0n) is 5.63. The highest BCUT2D eigenvalue weighted by molar-refractivity contribution is 9.08. The van der Waals surface area contributed by atoms with E-state index < -0.39 is 0 Å². The highest BCUT2D eigenvalue weighted by atomic mass is 79.9. The molecule has 0 saturated carbocycles. The number of nitrogens with zero attached hydrogens (tertiary/aromatic N) is 1. The molecule has 0 aliphatic heterocycles. The summed E-state index contributed by atoms with van der Waals surface area (Å²) in [5.74, 6) is 1.04. The average Bonchev–Trinajstić information content (AvgIpc) is 2.37. The Morgan fingerprint density at radius 1 is 1.80 bits per heavy atom. The van der Waals surface area contributed by atoms with Crippen molar-refractivity contribution in [2.75, 3.05) is 6.26 Å². The molecule has 0 atom stereocenters. The fourth-order valence-electron chi connectivity index (χ4n) is 0.600. The molecule has 56 valence electrons. The van der Waals surface area contributed by atoms with Crippen molar-refractivity contribution in [1.29, 1.82) is 0 Å². The van der Waals surface area contributed by atoms with E-state index in [1.807, 2.05) is 18.0 Å². The van der Waals surface area contributed by atoms with Gasteiger partial charge in [0.2, 0.25) is 0 Å². The molecule has 1 rings (SSSR count). The van der Waals surface area contributed by atoms with Gasteiger partial charge < -0.3 is 0 Å². The zero-order valence-corrected chi connectivity index (χ0v) is 8.85. The Hall–Kier alpha value is 0.460. The molecule has 0 saturated heterocycles. The molecule has 0 aliphatic rings. The lowest BCUT2D eigenvalue weighted by Crippen LogP contribution is -1.72. The van der Waals surface area contributed by atoms with Crippen LogP contribution in [0.5, 0.6) is 0 Å². The summed E-state index contributed by atoms with van der Waals surface area (Å²) in [6, 6.07) is 0. The Labute approximate surface area is 77.4 Å². The summed E-state index contributed by atoms with van der Waals surface area (Å²) in [6.07, 6.45) is 4.03. The maximum Gasteiger partial charge on any atom is 0.103 e. The molecule has 0 bridgehead atoms. The summed E-state index contributed by atoms with van der Waals surface area (Å²) in [7, 11) is 0. The van der Waals surface area contributed by atoms with Crippen LogP contribution in [0.4, 0.5) is 0 Å². The van der Waals surface area contributed by atoms with Gasteiger partial charge in [0, 0.05) is 22.2 Å². The van der Waals surface area contributed by atoms with Gasteiger partial charge >= 0.3 is 0 Å². The number of thioether (sulfide) groups is 1. The maximum atomic E-state index is 4.24. The lowest BCUT2D eigenvalue weighted by atomic mass is 10.6. The lowest BCUT2D eigenvalue weighted by molar-refractivity contribution is 1.26. The van der Waals surface area contributed by atoms with Gasteiger partial charge in [-0.2, -0.15) is 11.8 Å². The summed E-state index contributed by atoms with van der Waals surface area (Å²) in [5.41, 5.74) is 0. The predicted octanol–water partition coefficient (Wildman–Crippen LogP) is 2.90. The Kier molecular flexibility index (Phi) is 3.73. The third-order valence-electron chi connectivity index (χ3n) is 1.00. The quantitative estimate of drug-likeness (QED) is 0.751. The van der Waals surface area contributed by atoms with Gasteiger partial charge in [0.05, 0.1) is 0 Å². The first-order valence-electron chi connectivity index (χ1n) is 2.85. The summed E-state index contributed by atoms with van der Waals surface area (Å²) in [5, 5.41) is 2.15. The largest absolute Gasteiger partial charge is 0.248 e. The van der Waals surface area contributed by atoms with Gasteiger partial charge in [0.25, 0.3) is 0 Å². The lowest BCUT2D eigenvalue weighted by Gasteiger charge is -1.86. The first-order valence-corrected chi connectivity index (χ1v) is 6.18. The minimum atomic E-state index is 0.930. The summed E-state index contributed by atoms with van der Waals surface area (Å²) in [4.78, 5) is 5.55.